The van der Waals surface area contributed by atoms with Crippen molar-refractivity contribution in [2.45, 2.75) is 45.8 Å². The van der Waals surface area contributed by atoms with Crippen molar-refractivity contribution in [1.82, 2.24) is 13.1 Å². The SMILES string of the molecule is CN([Si](C)(C)C)[Si](C)(C)N(C)[Si](C)(C)N[SiH3]. The Kier molecular flexibility index (Phi) is 5.41. The summed E-state index contributed by atoms with van der Waals surface area (Å²) in [6.07, 6.45) is 0. The molecule has 0 bridgehead atoms. The number of hydrogen-bond acceptors (Lipinski definition) is 3. The summed E-state index contributed by atoms with van der Waals surface area (Å²) >= 11 is 0. The Morgan fingerprint density at radius 3 is 1.44 bits per heavy atom. The molecular weight excluding hydrogens is 262 g/mol. The normalized spacial score (nSPS) is 15.2. The first kappa shape index (κ1) is 16.7. The molecule has 0 heterocycles. The van der Waals surface area contributed by atoms with Crippen molar-refractivity contribution in [3.63, 3.8) is 0 Å². The van der Waals surface area contributed by atoms with Crippen LogP contribution in [-0.4, -0.2) is 58.0 Å². The lowest BCUT2D eigenvalue weighted by Gasteiger charge is -2.52. The van der Waals surface area contributed by atoms with Crippen molar-refractivity contribution in [1.29, 1.82) is 0 Å². The first-order valence-corrected chi connectivity index (χ1v) is 16.3. The number of hydrogen-bond donors (Lipinski definition) is 1. The van der Waals surface area contributed by atoms with E-state index < -0.39 is 25.0 Å². The highest BCUT2D eigenvalue weighted by atomic mass is 28.5. The molecule has 0 aromatic carbocycles. The molecule has 0 aromatic rings. The quantitative estimate of drug-likeness (QED) is 0.762. The third kappa shape index (κ3) is 3.62. The Labute approximate surface area is 109 Å². The zero-order chi connectivity index (χ0) is 13.4. The van der Waals surface area contributed by atoms with Gasteiger partial charge in [0.15, 0.2) is 16.8 Å². The molecule has 0 unspecified atom stereocenters. The molecule has 7 heteroatoms. The van der Waals surface area contributed by atoms with Gasteiger partial charge in [0.05, 0.1) is 10.4 Å². The summed E-state index contributed by atoms with van der Waals surface area (Å²) in [5, 5.41) is 0. The highest BCUT2D eigenvalue weighted by molar-refractivity contribution is 6.95. The van der Waals surface area contributed by atoms with E-state index in [0.29, 0.717) is 0 Å². The molecule has 0 aliphatic carbocycles. The molecule has 0 aromatic heterocycles. The fraction of sp³-hybridized carbons (Fsp3) is 1.00. The van der Waals surface area contributed by atoms with E-state index in [1.807, 2.05) is 0 Å². The fourth-order valence-electron chi connectivity index (χ4n) is 1.90. The zero-order valence-corrected chi connectivity index (χ0v) is 17.9. The summed E-state index contributed by atoms with van der Waals surface area (Å²) in [5.41, 5.74) is 0. The standard InChI is InChI=1S/C9H31N3Si4/c1-11(14(3,4)5)16(8,9)12(2)15(6,7)10-13/h10H,1-9,13H3. The van der Waals surface area contributed by atoms with Gasteiger partial charge in [-0.05, 0) is 40.3 Å². The number of nitrogens with one attached hydrogen (secondary N) is 1. The van der Waals surface area contributed by atoms with E-state index in [0.717, 1.165) is 10.4 Å². The van der Waals surface area contributed by atoms with Crippen LogP contribution in [-0.2, 0) is 0 Å². The Morgan fingerprint density at radius 1 is 0.812 bits per heavy atom. The van der Waals surface area contributed by atoms with Crippen LogP contribution in [0.3, 0.4) is 0 Å². The van der Waals surface area contributed by atoms with Crippen LogP contribution in [0.5, 0.6) is 0 Å². The van der Waals surface area contributed by atoms with Gasteiger partial charge in [0, 0.05) is 0 Å². The van der Waals surface area contributed by atoms with Crippen molar-refractivity contribution in [2.75, 3.05) is 14.1 Å². The summed E-state index contributed by atoms with van der Waals surface area (Å²) in [6, 6.07) is 0. The molecule has 0 saturated heterocycles. The second kappa shape index (κ2) is 5.17. The molecule has 3 nitrogen and oxygen atoms in total. The molecule has 0 atom stereocenters. The summed E-state index contributed by atoms with van der Waals surface area (Å²) in [5.74, 6) is 0. The van der Waals surface area contributed by atoms with Crippen molar-refractivity contribution in [3.8, 4) is 0 Å². The van der Waals surface area contributed by atoms with Gasteiger partial charge in [-0.15, -0.1) is 0 Å². The van der Waals surface area contributed by atoms with Crippen molar-refractivity contribution in [3.05, 3.63) is 0 Å². The lowest BCUT2D eigenvalue weighted by molar-refractivity contribution is 0.614. The molecular formula is C9H31N3Si4. The average Bonchev–Trinajstić information content (AvgIpc) is 2.13. The first-order valence-electron chi connectivity index (χ1n) is 6.04. The van der Waals surface area contributed by atoms with Gasteiger partial charge in [-0.25, -0.2) is 0 Å². The Morgan fingerprint density at radius 2 is 1.19 bits per heavy atom. The second-order valence-corrected chi connectivity index (χ2v) is 22.6. The summed E-state index contributed by atoms with van der Waals surface area (Å²) in [4.78, 5) is 0. The molecule has 0 spiro atoms. The van der Waals surface area contributed by atoms with E-state index in [4.69, 9.17) is 0 Å². The molecule has 0 amide bonds. The molecule has 98 valence electrons. The highest BCUT2D eigenvalue weighted by Gasteiger charge is 2.44. The number of nitrogens with zero attached hydrogens (tertiary/aromatic N) is 2. The Balaban J connectivity index is 5.06. The lowest BCUT2D eigenvalue weighted by Crippen LogP contribution is -2.74. The van der Waals surface area contributed by atoms with Crippen molar-refractivity contribution < 1.29 is 0 Å². The van der Waals surface area contributed by atoms with E-state index >= 15 is 0 Å². The monoisotopic (exact) mass is 293 g/mol. The van der Waals surface area contributed by atoms with Gasteiger partial charge in [-0.2, -0.15) is 0 Å². The van der Waals surface area contributed by atoms with Crippen LogP contribution < -0.4 is 4.65 Å². The topological polar surface area (TPSA) is 18.5 Å². The summed E-state index contributed by atoms with van der Waals surface area (Å²) in [7, 11) is 1.76. The first-order chi connectivity index (χ1) is 6.87. The predicted molar refractivity (Wildman–Crippen MR) is 86.9 cm³/mol. The van der Waals surface area contributed by atoms with Crippen LogP contribution in [0.4, 0.5) is 0 Å². The van der Waals surface area contributed by atoms with E-state index in [2.05, 4.69) is 73.0 Å². The van der Waals surface area contributed by atoms with Gasteiger partial charge >= 0.3 is 0 Å². The Hall–Kier alpha value is 0.748. The van der Waals surface area contributed by atoms with E-state index in [-0.39, 0.29) is 0 Å². The van der Waals surface area contributed by atoms with Gasteiger partial charge in [0.2, 0.25) is 0 Å². The minimum Gasteiger partial charge on any atom is -0.355 e. The molecule has 1 N–H and O–H groups in total. The van der Waals surface area contributed by atoms with Gasteiger partial charge in [-0.3, -0.25) is 0 Å². The van der Waals surface area contributed by atoms with Crippen molar-refractivity contribution in [2.24, 2.45) is 0 Å². The average molecular weight is 294 g/mol. The highest BCUT2D eigenvalue weighted by Crippen LogP contribution is 2.23. The van der Waals surface area contributed by atoms with Gasteiger partial charge in [0.1, 0.15) is 8.24 Å². The second-order valence-electron chi connectivity index (χ2n) is 6.59. The smallest absolute Gasteiger partial charge is 0.187 e. The molecule has 0 saturated carbocycles. The van der Waals surface area contributed by atoms with E-state index in [9.17, 15) is 0 Å². The third-order valence-electron chi connectivity index (χ3n) is 4.10. The van der Waals surface area contributed by atoms with Gasteiger partial charge < -0.3 is 13.1 Å². The van der Waals surface area contributed by atoms with E-state index in [1.165, 1.54) is 0 Å². The third-order valence-corrected chi connectivity index (χ3v) is 22.9. The minimum atomic E-state index is -1.45. The van der Waals surface area contributed by atoms with Gasteiger partial charge in [0.25, 0.3) is 0 Å². The van der Waals surface area contributed by atoms with Crippen LogP contribution >= 0.6 is 0 Å². The van der Waals surface area contributed by atoms with Crippen LogP contribution in [0.15, 0.2) is 0 Å². The molecule has 0 rings (SSSR count). The zero-order valence-electron chi connectivity index (χ0n) is 12.9. The molecule has 0 aliphatic heterocycles. The number of rotatable bonds is 5. The van der Waals surface area contributed by atoms with E-state index in [1.54, 1.807) is 0 Å². The molecule has 16 heavy (non-hydrogen) atoms. The molecule has 0 aliphatic rings. The predicted octanol–water partition coefficient (Wildman–Crippen LogP) is 0.958. The Bertz CT molecular complexity index is 237. The largest absolute Gasteiger partial charge is 0.355 e. The molecule has 0 fully saturated rings. The van der Waals surface area contributed by atoms with Gasteiger partial charge in [-0.1, -0.05) is 19.6 Å². The summed E-state index contributed by atoms with van der Waals surface area (Å²) in [6.45, 7) is 17.1. The maximum atomic E-state index is 3.68. The lowest BCUT2D eigenvalue weighted by atomic mass is 11.6. The van der Waals surface area contributed by atoms with Crippen LogP contribution in [0, 0.1) is 0 Å². The van der Waals surface area contributed by atoms with Crippen LogP contribution in [0.1, 0.15) is 0 Å². The summed E-state index contributed by atoms with van der Waals surface area (Å²) < 4.78 is 9.12. The maximum Gasteiger partial charge on any atom is 0.187 e. The minimum absolute atomic E-state index is 1.10. The molecule has 0 radical (unpaired) electrons. The van der Waals surface area contributed by atoms with Crippen LogP contribution in [0.2, 0.25) is 45.8 Å². The fourth-order valence-corrected chi connectivity index (χ4v) is 17.9. The maximum absolute atomic E-state index is 3.68. The van der Waals surface area contributed by atoms with Crippen LogP contribution in [0.25, 0.3) is 0 Å². The van der Waals surface area contributed by atoms with Crippen molar-refractivity contribution >= 4 is 35.4 Å².